The summed E-state index contributed by atoms with van der Waals surface area (Å²) in [6, 6.07) is 0.228. The summed E-state index contributed by atoms with van der Waals surface area (Å²) in [7, 11) is 1.86. The Labute approximate surface area is 86.4 Å². The zero-order chi connectivity index (χ0) is 11.0. The Balaban J connectivity index is 3.53. The minimum absolute atomic E-state index is 0.0395. The van der Waals surface area contributed by atoms with Crippen LogP contribution in [0.4, 0.5) is 0 Å². The Hall–Kier alpha value is -0.610. The highest BCUT2D eigenvalue weighted by molar-refractivity contribution is 5.77. The van der Waals surface area contributed by atoms with Crippen molar-refractivity contribution in [2.24, 2.45) is 0 Å². The standard InChI is InChI=1S/C10H22N2O2/c1-5-8(2)12-10(13)7-14-9(3)6-11-4/h8-9,11H,5-7H2,1-4H3,(H,12,13). The summed E-state index contributed by atoms with van der Waals surface area (Å²) >= 11 is 0. The Bertz CT molecular complexity index is 162. The van der Waals surface area contributed by atoms with Gasteiger partial charge >= 0.3 is 0 Å². The van der Waals surface area contributed by atoms with Gasteiger partial charge in [-0.1, -0.05) is 6.92 Å². The second-order valence-electron chi connectivity index (χ2n) is 3.56. The summed E-state index contributed by atoms with van der Waals surface area (Å²) in [4.78, 5) is 11.3. The average Bonchev–Trinajstić information content (AvgIpc) is 2.15. The Morgan fingerprint density at radius 2 is 2.07 bits per heavy atom. The lowest BCUT2D eigenvalue weighted by Crippen LogP contribution is -2.36. The molecule has 0 fully saturated rings. The second-order valence-corrected chi connectivity index (χ2v) is 3.56. The molecule has 0 heterocycles. The molecule has 1 amide bonds. The van der Waals surface area contributed by atoms with Crippen LogP contribution in [0.2, 0.25) is 0 Å². The van der Waals surface area contributed by atoms with Crippen LogP contribution in [0.1, 0.15) is 27.2 Å². The highest BCUT2D eigenvalue weighted by Gasteiger charge is 2.07. The molecule has 84 valence electrons. The quantitative estimate of drug-likeness (QED) is 0.633. The Morgan fingerprint density at radius 3 is 2.57 bits per heavy atom. The third-order valence-electron chi connectivity index (χ3n) is 2.01. The van der Waals surface area contributed by atoms with Crippen LogP contribution in [0.15, 0.2) is 0 Å². The number of amides is 1. The monoisotopic (exact) mass is 202 g/mol. The van der Waals surface area contributed by atoms with Crippen LogP contribution in [0.3, 0.4) is 0 Å². The van der Waals surface area contributed by atoms with Crippen molar-refractivity contribution in [3.8, 4) is 0 Å². The van der Waals surface area contributed by atoms with Gasteiger partial charge in [0.25, 0.3) is 0 Å². The van der Waals surface area contributed by atoms with E-state index in [4.69, 9.17) is 4.74 Å². The van der Waals surface area contributed by atoms with Crippen LogP contribution in [0.25, 0.3) is 0 Å². The molecule has 0 aliphatic rings. The first-order chi connectivity index (χ1) is 6.60. The third kappa shape index (κ3) is 6.86. The van der Waals surface area contributed by atoms with E-state index in [-0.39, 0.29) is 24.7 Å². The van der Waals surface area contributed by atoms with Crippen LogP contribution in [0.5, 0.6) is 0 Å². The number of carbonyl (C=O) groups is 1. The molecule has 0 aromatic carbocycles. The largest absolute Gasteiger partial charge is 0.367 e. The van der Waals surface area contributed by atoms with Crippen molar-refractivity contribution in [1.29, 1.82) is 0 Å². The van der Waals surface area contributed by atoms with E-state index in [1.165, 1.54) is 0 Å². The maximum Gasteiger partial charge on any atom is 0.246 e. The van der Waals surface area contributed by atoms with Gasteiger partial charge < -0.3 is 15.4 Å². The molecule has 0 aliphatic heterocycles. The molecule has 2 atom stereocenters. The van der Waals surface area contributed by atoms with Crippen molar-refractivity contribution in [2.45, 2.75) is 39.3 Å². The topological polar surface area (TPSA) is 50.4 Å². The first-order valence-corrected chi connectivity index (χ1v) is 5.15. The van der Waals surface area contributed by atoms with E-state index >= 15 is 0 Å². The molecule has 14 heavy (non-hydrogen) atoms. The fraction of sp³-hybridized carbons (Fsp3) is 0.900. The maximum atomic E-state index is 11.3. The van der Waals surface area contributed by atoms with E-state index < -0.39 is 0 Å². The average molecular weight is 202 g/mol. The van der Waals surface area contributed by atoms with Crippen LogP contribution in [-0.4, -0.2) is 38.3 Å². The number of ether oxygens (including phenoxy) is 1. The molecular weight excluding hydrogens is 180 g/mol. The van der Waals surface area contributed by atoms with E-state index in [0.717, 1.165) is 13.0 Å². The molecule has 2 N–H and O–H groups in total. The normalized spacial score (nSPS) is 14.9. The molecule has 4 nitrogen and oxygen atoms in total. The molecule has 0 saturated carbocycles. The summed E-state index contributed by atoms with van der Waals surface area (Å²) in [6.45, 7) is 6.86. The van der Waals surface area contributed by atoms with Gasteiger partial charge in [-0.15, -0.1) is 0 Å². The first kappa shape index (κ1) is 13.4. The molecular formula is C10H22N2O2. The van der Waals surface area contributed by atoms with Crippen LogP contribution in [0, 0.1) is 0 Å². The Kier molecular flexibility index (Phi) is 7.42. The maximum absolute atomic E-state index is 11.3. The van der Waals surface area contributed by atoms with Crippen LogP contribution < -0.4 is 10.6 Å². The molecule has 0 aromatic heterocycles. The SMILES string of the molecule is CCC(C)NC(=O)COC(C)CNC. The number of hydrogen-bond acceptors (Lipinski definition) is 3. The predicted molar refractivity (Wildman–Crippen MR) is 57.2 cm³/mol. The number of hydrogen-bond donors (Lipinski definition) is 2. The number of nitrogens with one attached hydrogen (secondary N) is 2. The smallest absolute Gasteiger partial charge is 0.246 e. The second kappa shape index (κ2) is 7.76. The summed E-state index contributed by atoms with van der Waals surface area (Å²) in [5, 5.41) is 5.83. The van der Waals surface area contributed by atoms with Crippen molar-refractivity contribution < 1.29 is 9.53 Å². The summed E-state index contributed by atoms with van der Waals surface area (Å²) in [5.41, 5.74) is 0. The molecule has 0 aromatic rings. The van der Waals surface area contributed by atoms with Gasteiger partial charge in [0.05, 0.1) is 6.10 Å². The van der Waals surface area contributed by atoms with Crippen molar-refractivity contribution in [3.63, 3.8) is 0 Å². The molecule has 0 radical (unpaired) electrons. The summed E-state index contributed by atoms with van der Waals surface area (Å²) in [6.07, 6.45) is 1.01. The number of carbonyl (C=O) groups excluding carboxylic acids is 1. The van der Waals surface area contributed by atoms with E-state index in [9.17, 15) is 4.79 Å². The van der Waals surface area contributed by atoms with Gasteiger partial charge in [-0.05, 0) is 27.3 Å². The molecule has 2 unspecified atom stereocenters. The van der Waals surface area contributed by atoms with Gasteiger partial charge in [0.2, 0.25) is 5.91 Å². The van der Waals surface area contributed by atoms with E-state index in [2.05, 4.69) is 10.6 Å². The number of rotatable bonds is 7. The van der Waals surface area contributed by atoms with Crippen molar-refractivity contribution >= 4 is 5.91 Å². The summed E-state index contributed by atoms with van der Waals surface area (Å²) in [5.74, 6) is -0.0395. The molecule has 0 aliphatic carbocycles. The van der Waals surface area contributed by atoms with Gasteiger partial charge in [-0.25, -0.2) is 0 Å². The molecule has 0 bridgehead atoms. The zero-order valence-corrected chi connectivity index (χ0v) is 9.59. The highest BCUT2D eigenvalue weighted by Crippen LogP contribution is 1.90. The minimum Gasteiger partial charge on any atom is -0.367 e. The van der Waals surface area contributed by atoms with E-state index in [1.54, 1.807) is 0 Å². The molecule has 0 saturated heterocycles. The minimum atomic E-state index is -0.0395. The van der Waals surface area contributed by atoms with Gasteiger partial charge in [-0.2, -0.15) is 0 Å². The van der Waals surface area contributed by atoms with Crippen LogP contribution >= 0.6 is 0 Å². The van der Waals surface area contributed by atoms with Crippen LogP contribution in [-0.2, 0) is 9.53 Å². The van der Waals surface area contributed by atoms with Crippen molar-refractivity contribution in [2.75, 3.05) is 20.2 Å². The molecule has 0 rings (SSSR count). The van der Waals surface area contributed by atoms with Gasteiger partial charge in [0.1, 0.15) is 6.61 Å². The fourth-order valence-electron chi connectivity index (χ4n) is 0.983. The van der Waals surface area contributed by atoms with Crippen molar-refractivity contribution in [3.05, 3.63) is 0 Å². The first-order valence-electron chi connectivity index (χ1n) is 5.15. The van der Waals surface area contributed by atoms with Gasteiger partial charge in [-0.3, -0.25) is 4.79 Å². The zero-order valence-electron chi connectivity index (χ0n) is 9.59. The fourth-order valence-corrected chi connectivity index (χ4v) is 0.983. The van der Waals surface area contributed by atoms with Gasteiger partial charge in [0, 0.05) is 12.6 Å². The van der Waals surface area contributed by atoms with Crippen molar-refractivity contribution in [1.82, 2.24) is 10.6 Å². The predicted octanol–water partition coefficient (Wildman–Crippen LogP) is 0.526. The third-order valence-corrected chi connectivity index (χ3v) is 2.01. The van der Waals surface area contributed by atoms with E-state index in [1.807, 2.05) is 27.8 Å². The molecule has 0 spiro atoms. The molecule has 4 heteroatoms. The lowest BCUT2D eigenvalue weighted by Gasteiger charge is -2.14. The Morgan fingerprint density at radius 1 is 1.43 bits per heavy atom. The lowest BCUT2D eigenvalue weighted by molar-refractivity contribution is -0.127. The highest BCUT2D eigenvalue weighted by atomic mass is 16.5. The summed E-state index contributed by atoms with van der Waals surface area (Å²) < 4.78 is 5.32. The van der Waals surface area contributed by atoms with Gasteiger partial charge in [0.15, 0.2) is 0 Å². The number of likely N-dealkylation sites (N-methyl/N-ethyl adjacent to an activating group) is 1. The van der Waals surface area contributed by atoms with E-state index in [0.29, 0.717) is 0 Å². The lowest BCUT2D eigenvalue weighted by atomic mass is 10.2.